The zero-order chi connectivity index (χ0) is 17.5. The summed E-state index contributed by atoms with van der Waals surface area (Å²) in [5.74, 6) is -2.31. The van der Waals surface area contributed by atoms with Crippen molar-refractivity contribution >= 4 is 23.3 Å². The molecule has 0 saturated heterocycles. The minimum atomic E-state index is -0.721. The van der Waals surface area contributed by atoms with Crippen molar-refractivity contribution in [3.63, 3.8) is 0 Å². The number of nitrogens with one attached hydrogen (secondary N) is 2. The van der Waals surface area contributed by atoms with Gasteiger partial charge in [-0.3, -0.25) is 4.79 Å². The zero-order valence-electron chi connectivity index (χ0n) is 12.9. The van der Waals surface area contributed by atoms with E-state index in [1.54, 1.807) is 18.2 Å². The third kappa shape index (κ3) is 4.52. The largest absolute Gasteiger partial charge is 0.465 e. The van der Waals surface area contributed by atoms with E-state index in [9.17, 15) is 18.4 Å². The minimum Gasteiger partial charge on any atom is -0.465 e. The summed E-state index contributed by atoms with van der Waals surface area (Å²) in [6.45, 7) is 0.0559. The minimum absolute atomic E-state index is 0.00374. The average Bonchev–Trinajstić information content (AvgIpc) is 2.57. The Kier molecular flexibility index (Phi) is 5.83. The van der Waals surface area contributed by atoms with Crippen LogP contribution in [0.1, 0.15) is 16.8 Å². The molecule has 126 valence electrons. The maximum absolute atomic E-state index is 13.4. The second-order valence-corrected chi connectivity index (χ2v) is 4.89. The number of halogens is 2. The zero-order valence-corrected chi connectivity index (χ0v) is 12.9. The highest BCUT2D eigenvalue weighted by atomic mass is 19.1. The van der Waals surface area contributed by atoms with Crippen molar-refractivity contribution in [1.29, 1.82) is 0 Å². The predicted octanol–water partition coefficient (Wildman–Crippen LogP) is 3.19. The normalized spacial score (nSPS) is 10.1. The lowest BCUT2D eigenvalue weighted by atomic mass is 10.2. The van der Waals surface area contributed by atoms with Crippen LogP contribution in [0.4, 0.5) is 20.2 Å². The molecule has 0 bridgehead atoms. The lowest BCUT2D eigenvalue weighted by Gasteiger charge is -2.09. The molecule has 5 nitrogen and oxygen atoms in total. The van der Waals surface area contributed by atoms with Gasteiger partial charge in [0.1, 0.15) is 17.3 Å². The quantitative estimate of drug-likeness (QED) is 0.796. The van der Waals surface area contributed by atoms with Gasteiger partial charge in [-0.1, -0.05) is 12.1 Å². The maximum Gasteiger partial charge on any atom is 0.337 e. The highest BCUT2D eigenvalue weighted by Crippen LogP contribution is 2.18. The van der Waals surface area contributed by atoms with Crippen molar-refractivity contribution in [2.24, 2.45) is 0 Å². The summed E-state index contributed by atoms with van der Waals surface area (Å²) in [4.78, 5) is 23.3. The van der Waals surface area contributed by atoms with Crippen molar-refractivity contribution < 1.29 is 23.1 Å². The van der Waals surface area contributed by atoms with Gasteiger partial charge < -0.3 is 15.4 Å². The van der Waals surface area contributed by atoms with Gasteiger partial charge in [0.15, 0.2) is 0 Å². The predicted molar refractivity (Wildman–Crippen MR) is 85.9 cm³/mol. The van der Waals surface area contributed by atoms with Crippen LogP contribution < -0.4 is 10.6 Å². The molecule has 24 heavy (non-hydrogen) atoms. The number of rotatable bonds is 6. The molecule has 2 rings (SSSR count). The molecule has 0 heterocycles. The Balaban J connectivity index is 1.89. The first-order valence-electron chi connectivity index (χ1n) is 7.17. The summed E-state index contributed by atoms with van der Waals surface area (Å²) < 4.78 is 31.5. The van der Waals surface area contributed by atoms with Crippen LogP contribution >= 0.6 is 0 Å². The number of hydrogen-bond acceptors (Lipinski definition) is 4. The van der Waals surface area contributed by atoms with Gasteiger partial charge in [-0.2, -0.15) is 0 Å². The second kappa shape index (κ2) is 8.05. The van der Waals surface area contributed by atoms with E-state index in [4.69, 9.17) is 0 Å². The number of para-hydroxylation sites is 1. The van der Waals surface area contributed by atoms with Gasteiger partial charge in [0.05, 0.1) is 12.7 Å². The monoisotopic (exact) mass is 334 g/mol. The summed E-state index contributed by atoms with van der Waals surface area (Å²) >= 11 is 0. The summed E-state index contributed by atoms with van der Waals surface area (Å²) in [6.07, 6.45) is -0.00374. The molecule has 0 aliphatic carbocycles. The van der Waals surface area contributed by atoms with Crippen LogP contribution in [-0.4, -0.2) is 25.5 Å². The lowest BCUT2D eigenvalue weighted by molar-refractivity contribution is -0.115. The van der Waals surface area contributed by atoms with Crippen LogP contribution in [0.5, 0.6) is 0 Å². The van der Waals surface area contributed by atoms with E-state index in [0.717, 1.165) is 12.1 Å². The molecule has 0 aliphatic rings. The number of carbonyl (C=O) groups is 2. The first-order valence-corrected chi connectivity index (χ1v) is 7.17. The molecule has 0 atom stereocenters. The van der Waals surface area contributed by atoms with Crippen LogP contribution in [-0.2, 0) is 9.53 Å². The number of esters is 1. The average molecular weight is 334 g/mol. The first kappa shape index (κ1) is 17.4. The molecule has 0 aromatic heterocycles. The molecule has 0 radical (unpaired) electrons. The van der Waals surface area contributed by atoms with E-state index in [1.165, 1.54) is 19.2 Å². The Bertz CT molecular complexity index is 730. The van der Waals surface area contributed by atoms with Crippen LogP contribution in [0.2, 0.25) is 0 Å². The number of hydrogen-bond donors (Lipinski definition) is 2. The van der Waals surface area contributed by atoms with Crippen molar-refractivity contribution in [2.45, 2.75) is 6.42 Å². The summed E-state index contributed by atoms with van der Waals surface area (Å²) in [5.41, 5.74) is 0.472. The van der Waals surface area contributed by atoms with Gasteiger partial charge >= 0.3 is 5.97 Å². The van der Waals surface area contributed by atoms with E-state index in [-0.39, 0.29) is 24.6 Å². The standard InChI is InChI=1S/C17H16F2N2O3/c1-24-17(23)11-4-2-5-12(10-11)21-15(22)8-9-20-16-13(18)6-3-7-14(16)19/h2-7,10,20H,8-9H2,1H3,(H,21,22). The molecule has 0 saturated carbocycles. The van der Waals surface area contributed by atoms with E-state index in [2.05, 4.69) is 15.4 Å². The Morgan fingerprint density at radius 1 is 1.08 bits per heavy atom. The van der Waals surface area contributed by atoms with Gasteiger partial charge in [0, 0.05) is 18.7 Å². The molecule has 0 aliphatic heterocycles. The van der Waals surface area contributed by atoms with Crippen LogP contribution in [0.25, 0.3) is 0 Å². The Morgan fingerprint density at radius 3 is 2.42 bits per heavy atom. The van der Waals surface area contributed by atoms with Gasteiger partial charge in [0.2, 0.25) is 5.91 Å². The number of benzene rings is 2. The fourth-order valence-electron chi connectivity index (χ4n) is 2.03. The van der Waals surface area contributed by atoms with Crippen molar-refractivity contribution in [1.82, 2.24) is 0 Å². The van der Waals surface area contributed by atoms with E-state index >= 15 is 0 Å². The molecule has 0 unspecified atom stereocenters. The molecule has 1 amide bonds. The van der Waals surface area contributed by atoms with Crippen LogP contribution in [0, 0.1) is 11.6 Å². The molecular weight excluding hydrogens is 318 g/mol. The number of amides is 1. The number of anilines is 2. The summed E-state index contributed by atoms with van der Waals surface area (Å²) in [5, 5.41) is 5.15. The third-order valence-corrected chi connectivity index (χ3v) is 3.18. The Hall–Kier alpha value is -2.96. The van der Waals surface area contributed by atoms with Gasteiger partial charge in [0.25, 0.3) is 0 Å². The smallest absolute Gasteiger partial charge is 0.337 e. The first-order chi connectivity index (χ1) is 11.5. The van der Waals surface area contributed by atoms with Crippen molar-refractivity contribution in [3.05, 3.63) is 59.7 Å². The fourth-order valence-corrected chi connectivity index (χ4v) is 2.03. The summed E-state index contributed by atoms with van der Waals surface area (Å²) in [6, 6.07) is 9.78. The molecule has 2 N–H and O–H groups in total. The SMILES string of the molecule is COC(=O)c1cccc(NC(=O)CCNc2c(F)cccc2F)c1. The number of ether oxygens (including phenoxy) is 1. The number of methoxy groups -OCH3 is 1. The van der Waals surface area contributed by atoms with Gasteiger partial charge in [-0.05, 0) is 30.3 Å². The maximum atomic E-state index is 13.4. The number of carbonyl (C=O) groups excluding carboxylic acids is 2. The van der Waals surface area contributed by atoms with Gasteiger partial charge in [-0.15, -0.1) is 0 Å². The van der Waals surface area contributed by atoms with Crippen molar-refractivity contribution in [2.75, 3.05) is 24.3 Å². The molecule has 0 fully saturated rings. The topological polar surface area (TPSA) is 67.4 Å². The highest BCUT2D eigenvalue weighted by Gasteiger charge is 2.10. The molecular formula is C17H16F2N2O3. The molecule has 2 aromatic carbocycles. The van der Waals surface area contributed by atoms with E-state index in [1.807, 2.05) is 0 Å². The van der Waals surface area contributed by atoms with Gasteiger partial charge in [-0.25, -0.2) is 13.6 Å². The lowest BCUT2D eigenvalue weighted by Crippen LogP contribution is -2.17. The van der Waals surface area contributed by atoms with Crippen LogP contribution in [0.3, 0.4) is 0 Å². The molecule has 0 spiro atoms. The second-order valence-electron chi connectivity index (χ2n) is 4.89. The molecule has 7 heteroatoms. The molecule has 2 aromatic rings. The fraction of sp³-hybridized carbons (Fsp3) is 0.176. The van der Waals surface area contributed by atoms with Crippen molar-refractivity contribution in [3.8, 4) is 0 Å². The summed E-state index contributed by atoms with van der Waals surface area (Å²) in [7, 11) is 1.26. The Labute approximate surface area is 137 Å². The van der Waals surface area contributed by atoms with Crippen LogP contribution in [0.15, 0.2) is 42.5 Å². The highest BCUT2D eigenvalue weighted by molar-refractivity contribution is 5.94. The van der Waals surface area contributed by atoms with E-state index < -0.39 is 17.6 Å². The van der Waals surface area contributed by atoms with E-state index in [0.29, 0.717) is 11.3 Å². The Morgan fingerprint density at radius 2 is 1.75 bits per heavy atom. The third-order valence-electron chi connectivity index (χ3n) is 3.18.